The number of carboxylic acid groups (broad SMARTS) is 1. The number of nitrogens with one attached hydrogen (secondary N) is 4. The minimum absolute atomic E-state index is 0.0935. The van der Waals surface area contributed by atoms with Gasteiger partial charge in [-0.05, 0) is 31.0 Å². The summed E-state index contributed by atoms with van der Waals surface area (Å²) in [7, 11) is 0. The molecule has 0 saturated carbocycles. The molecule has 0 aliphatic rings. The van der Waals surface area contributed by atoms with Crippen molar-refractivity contribution < 1.29 is 24.3 Å². The summed E-state index contributed by atoms with van der Waals surface area (Å²) >= 11 is 0. The topological polar surface area (TPSA) is 166 Å². The zero-order chi connectivity index (χ0) is 26.2. The number of amides is 3. The number of aromatic nitrogens is 1. The van der Waals surface area contributed by atoms with Gasteiger partial charge in [0.25, 0.3) is 0 Å². The average Bonchev–Trinajstić information content (AvgIpc) is 3.26. The standard InChI is InChI=1S/C26H31N5O5/c1-15(27)23(32)30-21(13-18-14-28-20-11-7-6-10-19(18)20)25(34)29-16(2)24(33)31-22(26(35)36)12-17-8-4-3-5-9-17/h3-11,14-16,21-22,28H,12-13,27H2,1-2H3,(H,29,34)(H,30,32)(H,31,33)(H,35,36). The van der Waals surface area contributed by atoms with Crippen molar-refractivity contribution in [2.45, 2.75) is 50.9 Å². The van der Waals surface area contributed by atoms with Crippen molar-refractivity contribution >= 4 is 34.6 Å². The van der Waals surface area contributed by atoms with E-state index < -0.39 is 47.9 Å². The Hall–Kier alpha value is -4.18. The summed E-state index contributed by atoms with van der Waals surface area (Å²) in [6.45, 7) is 2.95. The Morgan fingerprint density at radius 2 is 1.47 bits per heavy atom. The van der Waals surface area contributed by atoms with Crippen molar-refractivity contribution in [1.82, 2.24) is 20.9 Å². The second kappa shape index (κ2) is 12.0. The molecule has 190 valence electrons. The van der Waals surface area contributed by atoms with E-state index in [0.29, 0.717) is 0 Å². The molecule has 10 heteroatoms. The SMILES string of the molecule is CC(N)C(=O)NC(Cc1c[nH]c2ccccc12)C(=O)NC(C)C(=O)NC(Cc1ccccc1)C(=O)O. The van der Waals surface area contributed by atoms with E-state index in [2.05, 4.69) is 20.9 Å². The van der Waals surface area contributed by atoms with Gasteiger partial charge in [-0.25, -0.2) is 4.79 Å². The third-order valence-corrected chi connectivity index (χ3v) is 5.79. The molecule has 0 saturated heterocycles. The maximum atomic E-state index is 13.1. The fourth-order valence-electron chi connectivity index (χ4n) is 3.76. The first-order valence-electron chi connectivity index (χ1n) is 11.6. The van der Waals surface area contributed by atoms with E-state index >= 15 is 0 Å². The highest BCUT2D eigenvalue weighted by Gasteiger charge is 2.28. The largest absolute Gasteiger partial charge is 0.480 e. The zero-order valence-corrected chi connectivity index (χ0v) is 20.2. The van der Waals surface area contributed by atoms with E-state index in [4.69, 9.17) is 5.73 Å². The molecule has 3 aromatic rings. The van der Waals surface area contributed by atoms with E-state index in [9.17, 15) is 24.3 Å². The number of carboxylic acids is 1. The number of aromatic amines is 1. The molecular formula is C26H31N5O5. The molecule has 1 heterocycles. The number of H-pyrrole nitrogens is 1. The van der Waals surface area contributed by atoms with Crippen molar-refractivity contribution in [3.8, 4) is 0 Å². The van der Waals surface area contributed by atoms with Crippen LogP contribution in [0.5, 0.6) is 0 Å². The zero-order valence-electron chi connectivity index (χ0n) is 20.2. The molecule has 0 aliphatic carbocycles. The van der Waals surface area contributed by atoms with Crippen molar-refractivity contribution in [3.63, 3.8) is 0 Å². The molecule has 0 aliphatic heterocycles. The lowest BCUT2D eigenvalue weighted by Gasteiger charge is -2.23. The molecule has 36 heavy (non-hydrogen) atoms. The van der Waals surface area contributed by atoms with Crippen molar-refractivity contribution in [2.24, 2.45) is 5.73 Å². The first-order valence-corrected chi connectivity index (χ1v) is 11.6. The summed E-state index contributed by atoms with van der Waals surface area (Å²) in [6, 6.07) is 12.4. The number of nitrogens with two attached hydrogens (primary N) is 1. The van der Waals surface area contributed by atoms with Crippen LogP contribution < -0.4 is 21.7 Å². The summed E-state index contributed by atoms with van der Waals surface area (Å²) in [5.41, 5.74) is 8.12. The van der Waals surface area contributed by atoms with Gasteiger partial charge < -0.3 is 31.8 Å². The molecule has 0 spiro atoms. The molecule has 4 unspecified atom stereocenters. The Kier molecular flexibility index (Phi) is 8.80. The molecule has 0 fully saturated rings. The minimum Gasteiger partial charge on any atom is -0.480 e. The predicted molar refractivity (Wildman–Crippen MR) is 135 cm³/mol. The van der Waals surface area contributed by atoms with Gasteiger partial charge in [-0.1, -0.05) is 48.5 Å². The van der Waals surface area contributed by atoms with Crippen LogP contribution in [0.1, 0.15) is 25.0 Å². The highest BCUT2D eigenvalue weighted by Crippen LogP contribution is 2.19. The van der Waals surface area contributed by atoms with Crippen LogP contribution in [-0.2, 0) is 32.0 Å². The lowest BCUT2D eigenvalue weighted by Crippen LogP contribution is -2.56. The molecule has 3 amide bonds. The van der Waals surface area contributed by atoms with Crippen LogP contribution in [0.4, 0.5) is 0 Å². The normalized spacial score (nSPS) is 14.3. The van der Waals surface area contributed by atoms with Crippen molar-refractivity contribution in [3.05, 3.63) is 71.9 Å². The third kappa shape index (κ3) is 6.92. The second-order valence-electron chi connectivity index (χ2n) is 8.73. The number of benzene rings is 2. The van der Waals surface area contributed by atoms with Crippen LogP contribution in [0.3, 0.4) is 0 Å². The van der Waals surface area contributed by atoms with E-state index in [-0.39, 0.29) is 12.8 Å². The molecule has 1 aromatic heterocycles. The van der Waals surface area contributed by atoms with Gasteiger partial charge in [-0.2, -0.15) is 0 Å². The Bertz CT molecular complexity index is 1220. The number of fused-ring (bicyclic) bond motifs is 1. The van der Waals surface area contributed by atoms with Crippen LogP contribution in [0.2, 0.25) is 0 Å². The molecule has 7 N–H and O–H groups in total. The summed E-state index contributed by atoms with van der Waals surface area (Å²) in [4.78, 5) is 53.0. The smallest absolute Gasteiger partial charge is 0.326 e. The van der Waals surface area contributed by atoms with Gasteiger partial charge in [0.1, 0.15) is 18.1 Å². The van der Waals surface area contributed by atoms with E-state index in [1.165, 1.54) is 13.8 Å². The average molecular weight is 494 g/mol. The number of carbonyl (C=O) groups excluding carboxylic acids is 3. The maximum absolute atomic E-state index is 13.1. The number of hydrogen-bond donors (Lipinski definition) is 6. The van der Waals surface area contributed by atoms with Gasteiger partial charge in [0.2, 0.25) is 17.7 Å². The number of para-hydroxylation sites is 1. The molecule has 4 atom stereocenters. The summed E-state index contributed by atoms with van der Waals surface area (Å²) < 4.78 is 0. The molecule has 3 rings (SSSR count). The van der Waals surface area contributed by atoms with Crippen LogP contribution in [0.15, 0.2) is 60.8 Å². The first-order chi connectivity index (χ1) is 17.2. The predicted octanol–water partition coefficient (Wildman–Crippen LogP) is 0.859. The van der Waals surface area contributed by atoms with E-state index in [0.717, 1.165) is 22.0 Å². The Morgan fingerprint density at radius 1 is 0.833 bits per heavy atom. The fourth-order valence-corrected chi connectivity index (χ4v) is 3.76. The first kappa shape index (κ1) is 26.4. The number of aliphatic carboxylic acids is 1. The quantitative estimate of drug-likeness (QED) is 0.232. The summed E-state index contributed by atoms with van der Waals surface area (Å²) in [6.07, 6.45) is 2.02. The lowest BCUT2D eigenvalue weighted by atomic mass is 10.0. The highest BCUT2D eigenvalue weighted by molar-refractivity contribution is 5.94. The Balaban J connectivity index is 1.69. The molecule has 0 bridgehead atoms. The van der Waals surface area contributed by atoms with Gasteiger partial charge in [0.05, 0.1) is 6.04 Å². The van der Waals surface area contributed by atoms with Gasteiger partial charge in [0, 0.05) is 29.9 Å². The number of hydrogen-bond acceptors (Lipinski definition) is 5. The lowest BCUT2D eigenvalue weighted by molar-refractivity contribution is -0.142. The van der Waals surface area contributed by atoms with E-state index in [1.54, 1.807) is 30.5 Å². The molecular weight excluding hydrogens is 462 g/mol. The highest BCUT2D eigenvalue weighted by atomic mass is 16.4. The van der Waals surface area contributed by atoms with Gasteiger partial charge in [-0.3, -0.25) is 14.4 Å². The second-order valence-corrected chi connectivity index (χ2v) is 8.73. The van der Waals surface area contributed by atoms with E-state index in [1.807, 2.05) is 30.3 Å². The van der Waals surface area contributed by atoms with Gasteiger partial charge in [0.15, 0.2) is 0 Å². The van der Waals surface area contributed by atoms with Crippen molar-refractivity contribution in [2.75, 3.05) is 0 Å². The minimum atomic E-state index is -1.19. The maximum Gasteiger partial charge on any atom is 0.326 e. The monoisotopic (exact) mass is 493 g/mol. The van der Waals surface area contributed by atoms with Gasteiger partial charge in [-0.15, -0.1) is 0 Å². The van der Waals surface area contributed by atoms with Gasteiger partial charge >= 0.3 is 5.97 Å². The van der Waals surface area contributed by atoms with Crippen LogP contribution in [0.25, 0.3) is 10.9 Å². The van der Waals surface area contributed by atoms with Crippen LogP contribution in [0, 0.1) is 0 Å². The van der Waals surface area contributed by atoms with Crippen LogP contribution >= 0.6 is 0 Å². The summed E-state index contributed by atoms with van der Waals surface area (Å²) in [5.74, 6) is -2.95. The Labute approximate surface area is 208 Å². The Morgan fingerprint density at radius 3 is 2.14 bits per heavy atom. The van der Waals surface area contributed by atoms with Crippen LogP contribution in [-0.4, -0.2) is 57.9 Å². The molecule has 10 nitrogen and oxygen atoms in total. The molecule has 2 aromatic carbocycles. The number of carbonyl (C=O) groups is 4. The molecule has 0 radical (unpaired) electrons. The fraction of sp³-hybridized carbons (Fsp3) is 0.308. The third-order valence-electron chi connectivity index (χ3n) is 5.79. The number of rotatable bonds is 11. The van der Waals surface area contributed by atoms with Crippen molar-refractivity contribution in [1.29, 1.82) is 0 Å². The summed E-state index contributed by atoms with van der Waals surface area (Å²) in [5, 5.41) is 18.2.